The molecular formula is C17H16N. The van der Waals surface area contributed by atoms with Crippen LogP contribution >= 0.6 is 0 Å². The Labute approximate surface area is 108 Å². The number of para-hydroxylation sites is 1. The Kier molecular flexibility index (Phi) is 3.14. The molecule has 0 spiro atoms. The molecule has 0 aliphatic rings. The molecule has 0 aliphatic heterocycles. The number of rotatable bonds is 4. The fourth-order valence-corrected chi connectivity index (χ4v) is 2.35. The summed E-state index contributed by atoms with van der Waals surface area (Å²) in [7, 11) is 0. The van der Waals surface area contributed by atoms with Crippen molar-refractivity contribution in [2.75, 3.05) is 0 Å². The van der Waals surface area contributed by atoms with Crippen molar-refractivity contribution in [1.29, 1.82) is 0 Å². The molecular weight excluding hydrogens is 218 g/mol. The van der Waals surface area contributed by atoms with Crippen LogP contribution in [0, 0.1) is 6.07 Å². The molecule has 0 amide bonds. The summed E-state index contributed by atoms with van der Waals surface area (Å²) in [6.07, 6.45) is 4.36. The minimum absolute atomic E-state index is 1.05. The molecule has 0 atom stereocenters. The van der Waals surface area contributed by atoms with Crippen LogP contribution in [-0.4, -0.2) is 4.57 Å². The third-order valence-corrected chi connectivity index (χ3v) is 3.30. The van der Waals surface area contributed by atoms with Crippen molar-refractivity contribution in [3.63, 3.8) is 0 Å². The van der Waals surface area contributed by atoms with Crippen molar-refractivity contribution in [1.82, 2.24) is 4.57 Å². The van der Waals surface area contributed by atoms with Gasteiger partial charge in [-0.3, -0.25) is 0 Å². The van der Waals surface area contributed by atoms with Crippen LogP contribution in [0.25, 0.3) is 10.9 Å². The third-order valence-electron chi connectivity index (χ3n) is 3.30. The normalized spacial score (nSPS) is 10.9. The molecule has 18 heavy (non-hydrogen) atoms. The van der Waals surface area contributed by atoms with Crippen LogP contribution in [0.5, 0.6) is 0 Å². The molecule has 1 nitrogen and oxygen atoms in total. The highest BCUT2D eigenvalue weighted by atomic mass is 14.9. The zero-order valence-corrected chi connectivity index (χ0v) is 10.3. The van der Waals surface area contributed by atoms with Gasteiger partial charge in [0.15, 0.2) is 0 Å². The summed E-state index contributed by atoms with van der Waals surface area (Å²) in [5.74, 6) is 0. The van der Waals surface area contributed by atoms with Crippen LogP contribution < -0.4 is 0 Å². The first kappa shape index (κ1) is 11.1. The first-order valence-corrected chi connectivity index (χ1v) is 6.43. The highest BCUT2D eigenvalue weighted by molar-refractivity contribution is 5.79. The molecule has 0 saturated heterocycles. The van der Waals surface area contributed by atoms with E-state index in [0.29, 0.717) is 0 Å². The first-order chi connectivity index (χ1) is 8.93. The van der Waals surface area contributed by atoms with Gasteiger partial charge in [0.25, 0.3) is 0 Å². The number of benzene rings is 2. The SMILES string of the molecule is [c]1cn(CCCc2ccccc2)c2ccccc12. The number of aryl methyl sites for hydroxylation is 2. The lowest BCUT2D eigenvalue weighted by Gasteiger charge is -2.05. The molecule has 0 aliphatic carbocycles. The zero-order valence-electron chi connectivity index (χ0n) is 10.3. The Balaban J connectivity index is 1.67. The van der Waals surface area contributed by atoms with E-state index in [0.717, 1.165) is 19.4 Å². The Morgan fingerprint density at radius 2 is 1.67 bits per heavy atom. The van der Waals surface area contributed by atoms with Crippen molar-refractivity contribution in [2.24, 2.45) is 0 Å². The summed E-state index contributed by atoms with van der Waals surface area (Å²) < 4.78 is 2.29. The van der Waals surface area contributed by atoms with Gasteiger partial charge in [0.2, 0.25) is 0 Å². The van der Waals surface area contributed by atoms with Crippen molar-refractivity contribution in [3.05, 3.63) is 72.4 Å². The summed E-state index contributed by atoms with van der Waals surface area (Å²) in [6, 6.07) is 22.4. The number of hydrogen-bond acceptors (Lipinski definition) is 0. The smallest absolute Gasteiger partial charge is 0.0486 e. The maximum absolute atomic E-state index is 3.30. The van der Waals surface area contributed by atoms with Gasteiger partial charge < -0.3 is 4.57 Å². The highest BCUT2D eigenvalue weighted by Gasteiger charge is 2.00. The minimum Gasteiger partial charge on any atom is -0.347 e. The molecule has 1 radical (unpaired) electrons. The van der Waals surface area contributed by atoms with Gasteiger partial charge in [-0.05, 0) is 24.5 Å². The van der Waals surface area contributed by atoms with Crippen molar-refractivity contribution >= 4 is 10.9 Å². The van der Waals surface area contributed by atoms with Gasteiger partial charge in [-0.1, -0.05) is 48.5 Å². The monoisotopic (exact) mass is 234 g/mol. The van der Waals surface area contributed by atoms with E-state index in [1.54, 1.807) is 0 Å². The van der Waals surface area contributed by atoms with Crippen LogP contribution in [0.15, 0.2) is 60.8 Å². The molecule has 3 aromatic rings. The fraction of sp³-hybridized carbons (Fsp3) is 0.176. The zero-order chi connectivity index (χ0) is 12.2. The molecule has 89 valence electrons. The highest BCUT2D eigenvalue weighted by Crippen LogP contribution is 2.15. The van der Waals surface area contributed by atoms with Gasteiger partial charge in [-0.15, -0.1) is 0 Å². The molecule has 0 unspecified atom stereocenters. The average molecular weight is 234 g/mol. The quantitative estimate of drug-likeness (QED) is 0.641. The third kappa shape index (κ3) is 2.30. The van der Waals surface area contributed by atoms with E-state index in [4.69, 9.17) is 0 Å². The Bertz CT molecular complexity index is 622. The summed E-state index contributed by atoms with van der Waals surface area (Å²) in [6.45, 7) is 1.05. The van der Waals surface area contributed by atoms with Crippen LogP contribution in [-0.2, 0) is 13.0 Å². The lowest BCUT2D eigenvalue weighted by atomic mass is 10.1. The van der Waals surface area contributed by atoms with Crippen LogP contribution in [0.4, 0.5) is 0 Å². The summed E-state index contributed by atoms with van der Waals surface area (Å²) in [5.41, 5.74) is 2.70. The number of hydrogen-bond donors (Lipinski definition) is 0. The molecule has 0 saturated carbocycles. The van der Waals surface area contributed by atoms with Gasteiger partial charge in [-0.2, -0.15) is 0 Å². The van der Waals surface area contributed by atoms with Crippen molar-refractivity contribution < 1.29 is 0 Å². The van der Waals surface area contributed by atoms with E-state index in [1.807, 2.05) is 0 Å². The Hall–Kier alpha value is -2.02. The predicted molar refractivity (Wildman–Crippen MR) is 75.5 cm³/mol. The van der Waals surface area contributed by atoms with E-state index >= 15 is 0 Å². The van der Waals surface area contributed by atoms with Gasteiger partial charge >= 0.3 is 0 Å². The fourth-order valence-electron chi connectivity index (χ4n) is 2.35. The lowest BCUT2D eigenvalue weighted by molar-refractivity contribution is 0.662. The van der Waals surface area contributed by atoms with Crippen molar-refractivity contribution in [2.45, 2.75) is 19.4 Å². The van der Waals surface area contributed by atoms with Crippen LogP contribution in [0.2, 0.25) is 0 Å². The minimum atomic E-state index is 1.05. The largest absolute Gasteiger partial charge is 0.347 e. The second-order valence-electron chi connectivity index (χ2n) is 4.57. The molecule has 1 aromatic heterocycles. The average Bonchev–Trinajstić information content (AvgIpc) is 2.84. The van der Waals surface area contributed by atoms with Gasteiger partial charge in [-0.25, -0.2) is 0 Å². The molecule has 1 heteroatoms. The van der Waals surface area contributed by atoms with E-state index in [1.165, 1.54) is 16.5 Å². The molecule has 3 rings (SSSR count). The second kappa shape index (κ2) is 5.09. The molecule has 2 aromatic carbocycles. The predicted octanol–water partition coefficient (Wildman–Crippen LogP) is 4.07. The van der Waals surface area contributed by atoms with E-state index in [2.05, 4.69) is 71.4 Å². The molecule has 0 N–H and O–H groups in total. The molecule has 0 fully saturated rings. The maximum atomic E-state index is 3.30. The summed E-state index contributed by atoms with van der Waals surface area (Å²) in [5, 5.41) is 1.21. The Morgan fingerprint density at radius 3 is 2.56 bits per heavy atom. The van der Waals surface area contributed by atoms with E-state index in [9.17, 15) is 0 Å². The lowest BCUT2D eigenvalue weighted by Crippen LogP contribution is -1.97. The summed E-state index contributed by atoms with van der Waals surface area (Å²) in [4.78, 5) is 0. The maximum Gasteiger partial charge on any atom is 0.0486 e. The van der Waals surface area contributed by atoms with Crippen LogP contribution in [0.1, 0.15) is 12.0 Å². The van der Waals surface area contributed by atoms with Gasteiger partial charge in [0.05, 0.1) is 0 Å². The topological polar surface area (TPSA) is 4.93 Å². The van der Waals surface area contributed by atoms with Gasteiger partial charge in [0.1, 0.15) is 0 Å². The summed E-state index contributed by atoms with van der Waals surface area (Å²) >= 11 is 0. The number of nitrogens with zero attached hydrogens (tertiary/aromatic N) is 1. The van der Waals surface area contributed by atoms with Crippen molar-refractivity contribution in [3.8, 4) is 0 Å². The van der Waals surface area contributed by atoms with E-state index < -0.39 is 0 Å². The molecule has 1 heterocycles. The standard InChI is InChI=1S/C17H16N/c1-2-7-15(8-3-1)9-6-13-18-14-12-16-10-4-5-11-17(16)18/h1-5,7-8,10-11,14H,6,9,13H2. The van der Waals surface area contributed by atoms with E-state index in [-0.39, 0.29) is 0 Å². The Morgan fingerprint density at radius 1 is 0.889 bits per heavy atom. The molecule has 0 bridgehead atoms. The number of fused-ring (bicyclic) bond motifs is 1. The number of aromatic nitrogens is 1. The first-order valence-electron chi connectivity index (χ1n) is 6.43. The van der Waals surface area contributed by atoms with Crippen LogP contribution in [0.3, 0.4) is 0 Å². The second-order valence-corrected chi connectivity index (χ2v) is 4.57. The van der Waals surface area contributed by atoms with Gasteiger partial charge in [0, 0.05) is 29.7 Å².